The van der Waals surface area contributed by atoms with Gasteiger partial charge in [0.15, 0.2) is 0 Å². The number of nitrogens with two attached hydrogens (primary N) is 1. The number of hydrogen-bond acceptors (Lipinski definition) is 3. The lowest BCUT2D eigenvalue weighted by Gasteiger charge is -2.29. The van der Waals surface area contributed by atoms with E-state index in [-0.39, 0.29) is 6.10 Å². The molecule has 18 heavy (non-hydrogen) atoms. The van der Waals surface area contributed by atoms with Gasteiger partial charge in [-0.05, 0) is 45.1 Å². The van der Waals surface area contributed by atoms with E-state index in [0.29, 0.717) is 0 Å². The number of hydrogen-bond donors (Lipinski definition) is 1. The Morgan fingerprint density at radius 1 is 1.28 bits per heavy atom. The fourth-order valence-electron chi connectivity index (χ4n) is 3.35. The SMILES string of the molecule is CC(C)Oc1cc(N)cc(N2CC3CCC2C3)c1. The van der Waals surface area contributed by atoms with Gasteiger partial charge in [0.05, 0.1) is 6.10 Å². The van der Waals surface area contributed by atoms with Crippen LogP contribution in [0.3, 0.4) is 0 Å². The third kappa shape index (κ3) is 2.14. The van der Waals surface area contributed by atoms with Crippen molar-refractivity contribution in [3.63, 3.8) is 0 Å². The average molecular weight is 246 g/mol. The molecule has 1 aliphatic heterocycles. The summed E-state index contributed by atoms with van der Waals surface area (Å²) in [6.07, 6.45) is 4.28. The summed E-state index contributed by atoms with van der Waals surface area (Å²) in [4.78, 5) is 2.51. The Balaban J connectivity index is 1.85. The van der Waals surface area contributed by atoms with Crippen LogP contribution in [0.1, 0.15) is 33.1 Å². The summed E-state index contributed by atoms with van der Waals surface area (Å²) in [6.45, 7) is 5.27. The first-order chi connectivity index (χ1) is 8.61. The van der Waals surface area contributed by atoms with Crippen LogP contribution in [0, 0.1) is 5.92 Å². The molecule has 1 aromatic rings. The van der Waals surface area contributed by atoms with Crippen molar-refractivity contribution in [2.45, 2.75) is 45.3 Å². The zero-order chi connectivity index (χ0) is 12.7. The lowest BCUT2D eigenvalue weighted by atomic mass is 10.1. The van der Waals surface area contributed by atoms with Crippen LogP contribution in [-0.4, -0.2) is 18.7 Å². The topological polar surface area (TPSA) is 38.5 Å². The predicted molar refractivity (Wildman–Crippen MR) is 75.1 cm³/mol. The Morgan fingerprint density at radius 2 is 2.11 bits per heavy atom. The number of nitrogens with zero attached hydrogens (tertiary/aromatic N) is 1. The number of fused-ring (bicyclic) bond motifs is 2. The molecular formula is C15H22N2O. The van der Waals surface area contributed by atoms with E-state index in [4.69, 9.17) is 10.5 Å². The second-order valence-corrected chi connectivity index (χ2v) is 5.91. The van der Waals surface area contributed by atoms with Crippen LogP contribution in [0.4, 0.5) is 11.4 Å². The molecule has 1 heterocycles. The number of piperidine rings is 1. The highest BCUT2D eigenvalue weighted by molar-refractivity contribution is 5.61. The van der Waals surface area contributed by atoms with E-state index < -0.39 is 0 Å². The molecule has 1 saturated carbocycles. The van der Waals surface area contributed by atoms with Crippen molar-refractivity contribution in [3.05, 3.63) is 18.2 Å². The van der Waals surface area contributed by atoms with Crippen molar-refractivity contribution in [1.29, 1.82) is 0 Å². The Hall–Kier alpha value is -1.38. The fraction of sp³-hybridized carbons (Fsp3) is 0.600. The van der Waals surface area contributed by atoms with Crippen LogP contribution in [0.2, 0.25) is 0 Å². The van der Waals surface area contributed by atoms with Crippen molar-refractivity contribution in [1.82, 2.24) is 0 Å². The van der Waals surface area contributed by atoms with Crippen LogP contribution in [0.15, 0.2) is 18.2 Å². The predicted octanol–water partition coefficient (Wildman–Crippen LogP) is 3.04. The lowest BCUT2D eigenvalue weighted by Crippen LogP contribution is -2.31. The lowest BCUT2D eigenvalue weighted by molar-refractivity contribution is 0.242. The molecule has 3 heteroatoms. The summed E-state index contributed by atoms with van der Waals surface area (Å²) in [6, 6.07) is 6.85. The third-order valence-corrected chi connectivity index (χ3v) is 4.03. The quantitative estimate of drug-likeness (QED) is 0.833. The molecule has 3 nitrogen and oxygen atoms in total. The van der Waals surface area contributed by atoms with Crippen molar-refractivity contribution in [2.24, 2.45) is 5.92 Å². The molecule has 98 valence electrons. The van der Waals surface area contributed by atoms with Gasteiger partial charge in [-0.15, -0.1) is 0 Å². The molecule has 2 unspecified atom stereocenters. The second kappa shape index (κ2) is 4.38. The molecule has 2 atom stereocenters. The minimum Gasteiger partial charge on any atom is -0.491 e. The molecule has 0 radical (unpaired) electrons. The fourth-order valence-corrected chi connectivity index (χ4v) is 3.35. The van der Waals surface area contributed by atoms with Crippen LogP contribution < -0.4 is 15.4 Å². The Morgan fingerprint density at radius 3 is 2.72 bits per heavy atom. The molecule has 2 N–H and O–H groups in total. The van der Waals surface area contributed by atoms with Gasteiger partial charge >= 0.3 is 0 Å². The Kier molecular flexibility index (Phi) is 2.84. The van der Waals surface area contributed by atoms with Gasteiger partial charge in [-0.25, -0.2) is 0 Å². The molecule has 1 aliphatic carbocycles. The molecule has 3 rings (SSSR count). The smallest absolute Gasteiger partial charge is 0.123 e. The van der Waals surface area contributed by atoms with Crippen molar-refractivity contribution in [3.8, 4) is 5.75 Å². The monoisotopic (exact) mass is 246 g/mol. The minimum absolute atomic E-state index is 0.190. The number of nitrogen functional groups attached to an aromatic ring is 1. The largest absolute Gasteiger partial charge is 0.491 e. The van der Waals surface area contributed by atoms with E-state index in [0.717, 1.165) is 23.4 Å². The van der Waals surface area contributed by atoms with E-state index in [1.165, 1.54) is 31.5 Å². The first-order valence-electron chi connectivity index (χ1n) is 6.95. The van der Waals surface area contributed by atoms with E-state index >= 15 is 0 Å². The number of benzene rings is 1. The van der Waals surface area contributed by atoms with Gasteiger partial charge in [-0.2, -0.15) is 0 Å². The van der Waals surface area contributed by atoms with Gasteiger partial charge < -0.3 is 15.4 Å². The van der Waals surface area contributed by atoms with Crippen LogP contribution >= 0.6 is 0 Å². The standard InChI is InChI=1S/C15H22N2O/c1-10(2)18-15-7-12(16)6-14(8-15)17-9-11-3-4-13(17)5-11/h6-8,10-11,13H,3-5,9,16H2,1-2H3. The zero-order valence-corrected chi connectivity index (χ0v) is 11.2. The third-order valence-electron chi connectivity index (χ3n) is 4.03. The first kappa shape index (κ1) is 11.7. The maximum Gasteiger partial charge on any atom is 0.123 e. The molecule has 0 aromatic heterocycles. The van der Waals surface area contributed by atoms with Gasteiger partial charge in [-0.1, -0.05) is 0 Å². The van der Waals surface area contributed by atoms with Gasteiger partial charge in [-0.3, -0.25) is 0 Å². The normalized spacial score (nSPS) is 26.1. The Bertz CT molecular complexity index is 444. The van der Waals surface area contributed by atoms with Crippen molar-refractivity contribution in [2.75, 3.05) is 17.2 Å². The molecule has 2 bridgehead atoms. The summed E-state index contributed by atoms with van der Waals surface area (Å²) in [5.74, 6) is 1.79. The van der Waals surface area contributed by atoms with Crippen LogP contribution in [-0.2, 0) is 0 Å². The summed E-state index contributed by atoms with van der Waals surface area (Å²) in [5.41, 5.74) is 8.03. The molecule has 1 saturated heterocycles. The van der Waals surface area contributed by atoms with Gasteiger partial charge in [0.2, 0.25) is 0 Å². The average Bonchev–Trinajstić information content (AvgIpc) is 2.88. The molecule has 0 spiro atoms. The molecule has 2 fully saturated rings. The molecule has 2 aliphatic rings. The van der Waals surface area contributed by atoms with Gasteiger partial charge in [0.1, 0.15) is 5.75 Å². The first-order valence-corrected chi connectivity index (χ1v) is 6.95. The maximum atomic E-state index is 5.99. The highest BCUT2D eigenvalue weighted by atomic mass is 16.5. The van der Waals surface area contributed by atoms with Crippen LogP contribution in [0.5, 0.6) is 5.75 Å². The molecular weight excluding hydrogens is 224 g/mol. The summed E-state index contributed by atoms with van der Waals surface area (Å²) in [7, 11) is 0. The van der Waals surface area contributed by atoms with E-state index in [2.05, 4.69) is 17.0 Å². The summed E-state index contributed by atoms with van der Waals surface area (Å²) < 4.78 is 5.77. The highest BCUT2D eigenvalue weighted by Crippen LogP contribution is 2.41. The minimum atomic E-state index is 0.190. The van der Waals surface area contributed by atoms with Crippen LogP contribution in [0.25, 0.3) is 0 Å². The van der Waals surface area contributed by atoms with Gasteiger partial charge in [0, 0.05) is 36.1 Å². The van der Waals surface area contributed by atoms with Gasteiger partial charge in [0.25, 0.3) is 0 Å². The van der Waals surface area contributed by atoms with Crippen molar-refractivity contribution < 1.29 is 4.74 Å². The van der Waals surface area contributed by atoms with Crippen molar-refractivity contribution >= 4 is 11.4 Å². The second-order valence-electron chi connectivity index (χ2n) is 5.91. The Labute approximate surface area is 109 Å². The summed E-state index contributed by atoms with van der Waals surface area (Å²) >= 11 is 0. The van der Waals surface area contributed by atoms with E-state index in [9.17, 15) is 0 Å². The molecule has 1 aromatic carbocycles. The maximum absolute atomic E-state index is 5.99. The highest BCUT2D eigenvalue weighted by Gasteiger charge is 2.37. The number of anilines is 2. The number of ether oxygens (including phenoxy) is 1. The van der Waals surface area contributed by atoms with E-state index in [1.54, 1.807) is 0 Å². The zero-order valence-electron chi connectivity index (χ0n) is 11.2. The molecule has 0 amide bonds. The van der Waals surface area contributed by atoms with E-state index in [1.807, 2.05) is 19.9 Å². The summed E-state index contributed by atoms with van der Waals surface area (Å²) in [5, 5.41) is 0. The number of rotatable bonds is 3.